The van der Waals surface area contributed by atoms with E-state index in [9.17, 15) is 15.0 Å². The smallest absolute Gasteiger partial charge is 0.309 e. The van der Waals surface area contributed by atoms with Crippen molar-refractivity contribution in [3.8, 4) is 0 Å². The van der Waals surface area contributed by atoms with E-state index in [0.717, 1.165) is 19.3 Å². The van der Waals surface area contributed by atoms with Crippen LogP contribution in [0.1, 0.15) is 46.0 Å². The summed E-state index contributed by atoms with van der Waals surface area (Å²) in [6.45, 7) is 4.16. The number of carboxylic acids is 1. The summed E-state index contributed by atoms with van der Waals surface area (Å²) in [5, 5.41) is 20.5. The van der Waals surface area contributed by atoms with Crippen LogP contribution < -0.4 is 0 Å². The summed E-state index contributed by atoms with van der Waals surface area (Å²) in [6, 6.07) is 0. The Morgan fingerprint density at radius 2 is 1.71 bits per heavy atom. The van der Waals surface area contributed by atoms with E-state index < -0.39 is 17.0 Å². The predicted octanol–water partition coefficient (Wildman–Crippen LogP) is 2.28. The molecule has 3 heteroatoms. The maximum atomic E-state index is 11.6. The highest BCUT2D eigenvalue weighted by Crippen LogP contribution is 2.65. The van der Waals surface area contributed by atoms with Crippen molar-refractivity contribution in [1.29, 1.82) is 0 Å². The Morgan fingerprint density at radius 3 is 2.12 bits per heavy atom. The van der Waals surface area contributed by atoms with Gasteiger partial charge >= 0.3 is 5.97 Å². The quantitative estimate of drug-likeness (QED) is 0.776. The predicted molar refractivity (Wildman–Crippen MR) is 63.4 cm³/mol. The lowest BCUT2D eigenvalue weighted by molar-refractivity contribution is -0.226. The molecule has 0 spiro atoms. The molecule has 96 valence electrons. The first kappa shape index (κ1) is 11.5. The van der Waals surface area contributed by atoms with Gasteiger partial charge in [-0.15, -0.1) is 0 Å². The van der Waals surface area contributed by atoms with Gasteiger partial charge in [-0.2, -0.15) is 0 Å². The van der Waals surface area contributed by atoms with Gasteiger partial charge in [-0.3, -0.25) is 4.79 Å². The molecular weight excluding hydrogens is 216 g/mol. The Morgan fingerprint density at radius 1 is 1.18 bits per heavy atom. The summed E-state index contributed by atoms with van der Waals surface area (Å²) in [7, 11) is 0. The molecule has 4 aliphatic carbocycles. The van der Waals surface area contributed by atoms with Crippen molar-refractivity contribution in [3.05, 3.63) is 0 Å². The van der Waals surface area contributed by atoms with Crippen LogP contribution in [0.4, 0.5) is 0 Å². The van der Waals surface area contributed by atoms with Crippen LogP contribution in [0, 0.1) is 29.1 Å². The Labute approximate surface area is 102 Å². The number of carboxylic acid groups (broad SMARTS) is 1. The Hall–Kier alpha value is -0.570. The molecule has 0 amide bonds. The van der Waals surface area contributed by atoms with E-state index in [1.54, 1.807) is 0 Å². The van der Waals surface area contributed by atoms with E-state index in [4.69, 9.17) is 0 Å². The molecule has 0 heterocycles. The minimum Gasteiger partial charge on any atom is -0.481 e. The third-order valence-electron chi connectivity index (χ3n) is 5.88. The maximum Gasteiger partial charge on any atom is 0.309 e. The lowest BCUT2D eigenvalue weighted by Gasteiger charge is -2.63. The lowest BCUT2D eigenvalue weighted by Crippen LogP contribution is -2.64. The van der Waals surface area contributed by atoms with Gasteiger partial charge in [0.25, 0.3) is 0 Å². The van der Waals surface area contributed by atoms with E-state index in [2.05, 4.69) is 13.8 Å². The van der Waals surface area contributed by atoms with Gasteiger partial charge in [0, 0.05) is 0 Å². The van der Waals surface area contributed by atoms with Crippen LogP contribution in [-0.4, -0.2) is 21.8 Å². The van der Waals surface area contributed by atoms with Crippen molar-refractivity contribution >= 4 is 5.97 Å². The molecule has 0 aromatic carbocycles. The molecule has 0 aromatic rings. The molecule has 2 N–H and O–H groups in total. The van der Waals surface area contributed by atoms with Crippen LogP contribution in [0.2, 0.25) is 0 Å². The molecule has 4 saturated carbocycles. The van der Waals surface area contributed by atoms with Crippen LogP contribution in [0.15, 0.2) is 0 Å². The normalized spacial score (nSPS) is 52.1. The first-order chi connectivity index (χ1) is 7.88. The summed E-state index contributed by atoms with van der Waals surface area (Å²) in [4.78, 5) is 11.6. The molecule has 3 nitrogen and oxygen atoms in total. The molecule has 4 aliphatic rings. The number of carbonyl (C=O) groups is 1. The fourth-order valence-electron chi connectivity index (χ4n) is 5.22. The average Bonchev–Trinajstić information content (AvgIpc) is 2.24. The largest absolute Gasteiger partial charge is 0.481 e. The Bertz CT molecular complexity index is 344. The molecule has 4 bridgehead atoms. The van der Waals surface area contributed by atoms with E-state index in [0.29, 0.717) is 18.8 Å². The number of aliphatic hydroxyl groups is 1. The number of hydrogen-bond acceptors (Lipinski definition) is 2. The van der Waals surface area contributed by atoms with Crippen LogP contribution in [-0.2, 0) is 4.79 Å². The molecule has 0 aliphatic heterocycles. The highest BCUT2D eigenvalue weighted by Gasteiger charge is 2.64. The van der Waals surface area contributed by atoms with Crippen molar-refractivity contribution in [1.82, 2.24) is 0 Å². The summed E-state index contributed by atoms with van der Waals surface area (Å²) in [5.41, 5.74) is -1.10. The lowest BCUT2D eigenvalue weighted by atomic mass is 9.43. The van der Waals surface area contributed by atoms with Gasteiger partial charge < -0.3 is 10.2 Å². The van der Waals surface area contributed by atoms with Crippen molar-refractivity contribution < 1.29 is 15.0 Å². The van der Waals surface area contributed by atoms with Gasteiger partial charge in [0.15, 0.2) is 0 Å². The van der Waals surface area contributed by atoms with Crippen molar-refractivity contribution in [2.75, 3.05) is 0 Å². The average molecular weight is 238 g/mol. The fourth-order valence-corrected chi connectivity index (χ4v) is 5.22. The standard InChI is InChI=1S/C14H22O3/c1-8(2)14(17)10-3-9-4-11(14)7-13(5-9,6-10)12(15)16/h8-11,17H,3-7H2,1-2H3,(H,15,16)/t9?,10-,11-,13?,14?/m1/s1. The van der Waals surface area contributed by atoms with Gasteiger partial charge in [0.1, 0.15) is 0 Å². The van der Waals surface area contributed by atoms with Crippen molar-refractivity contribution in [2.24, 2.45) is 29.1 Å². The van der Waals surface area contributed by atoms with Gasteiger partial charge in [-0.05, 0) is 55.8 Å². The second-order valence-electron chi connectivity index (χ2n) is 6.97. The number of hydrogen-bond donors (Lipinski definition) is 2. The van der Waals surface area contributed by atoms with Crippen LogP contribution in [0.25, 0.3) is 0 Å². The van der Waals surface area contributed by atoms with Crippen LogP contribution in [0.3, 0.4) is 0 Å². The first-order valence-electron chi connectivity index (χ1n) is 6.84. The van der Waals surface area contributed by atoms with Gasteiger partial charge in [-0.1, -0.05) is 13.8 Å². The summed E-state index contributed by atoms with van der Waals surface area (Å²) in [5.74, 6) is 0.586. The SMILES string of the molecule is CC(C)C1(O)[C@@H]2CC3C[C@@H]1CC(C(=O)O)(C3)C2. The number of rotatable bonds is 2. The molecule has 0 aromatic heterocycles. The van der Waals surface area contributed by atoms with Crippen LogP contribution in [0.5, 0.6) is 0 Å². The van der Waals surface area contributed by atoms with E-state index in [-0.39, 0.29) is 17.8 Å². The summed E-state index contributed by atoms with van der Waals surface area (Å²) < 4.78 is 0. The molecule has 0 radical (unpaired) electrons. The van der Waals surface area contributed by atoms with E-state index >= 15 is 0 Å². The molecule has 2 atom stereocenters. The topological polar surface area (TPSA) is 57.5 Å². The summed E-state index contributed by atoms with van der Waals surface area (Å²) in [6.07, 6.45) is 4.33. The van der Waals surface area contributed by atoms with Gasteiger partial charge in [0.2, 0.25) is 0 Å². The summed E-state index contributed by atoms with van der Waals surface area (Å²) >= 11 is 0. The second kappa shape index (κ2) is 3.25. The molecule has 17 heavy (non-hydrogen) atoms. The number of aliphatic carboxylic acids is 1. The van der Waals surface area contributed by atoms with E-state index in [1.807, 2.05) is 0 Å². The third-order valence-corrected chi connectivity index (χ3v) is 5.88. The van der Waals surface area contributed by atoms with Crippen molar-refractivity contribution in [3.63, 3.8) is 0 Å². The maximum absolute atomic E-state index is 11.6. The first-order valence-corrected chi connectivity index (χ1v) is 6.84. The fraction of sp³-hybridized carbons (Fsp3) is 0.929. The second-order valence-corrected chi connectivity index (χ2v) is 6.97. The minimum absolute atomic E-state index is 0.213. The van der Waals surface area contributed by atoms with Crippen LogP contribution >= 0.6 is 0 Å². The molecule has 4 fully saturated rings. The monoisotopic (exact) mass is 238 g/mol. The Kier molecular flexibility index (Phi) is 2.20. The third kappa shape index (κ3) is 1.29. The zero-order chi connectivity index (χ0) is 12.4. The van der Waals surface area contributed by atoms with E-state index in [1.165, 1.54) is 0 Å². The molecule has 4 rings (SSSR count). The zero-order valence-electron chi connectivity index (χ0n) is 10.6. The zero-order valence-corrected chi connectivity index (χ0v) is 10.6. The van der Waals surface area contributed by atoms with Gasteiger partial charge in [-0.25, -0.2) is 0 Å². The van der Waals surface area contributed by atoms with Gasteiger partial charge in [0.05, 0.1) is 11.0 Å². The Balaban J connectivity index is 1.99. The molecular formula is C14H22O3. The van der Waals surface area contributed by atoms with Crippen molar-refractivity contribution in [2.45, 2.75) is 51.6 Å². The highest BCUT2D eigenvalue weighted by atomic mass is 16.4. The molecule has 0 unspecified atom stereocenters. The molecule has 0 saturated heterocycles. The minimum atomic E-state index is -0.622. The highest BCUT2D eigenvalue weighted by molar-refractivity contribution is 5.75.